The molecule has 7 nitrogen and oxygen atoms in total. The lowest BCUT2D eigenvalue weighted by Crippen LogP contribution is -2.22. The van der Waals surface area contributed by atoms with E-state index in [4.69, 9.17) is 4.74 Å². The van der Waals surface area contributed by atoms with Gasteiger partial charge in [-0.3, -0.25) is 10.1 Å². The number of anilines is 1. The Morgan fingerprint density at radius 3 is 2.56 bits per heavy atom. The van der Waals surface area contributed by atoms with Crippen molar-refractivity contribution in [2.75, 3.05) is 24.6 Å². The molecule has 8 heteroatoms. The molecule has 1 aromatic heterocycles. The average molecular weight is 363 g/mol. The fourth-order valence-electron chi connectivity index (χ4n) is 2.54. The normalized spacial score (nSPS) is 10.6. The van der Waals surface area contributed by atoms with Gasteiger partial charge in [-0.25, -0.2) is 9.78 Å². The van der Waals surface area contributed by atoms with Gasteiger partial charge in [-0.15, -0.1) is 11.3 Å². The number of hydrogen-bond acceptors (Lipinski definition) is 7. The maximum Gasteiger partial charge on any atom is 0.350 e. The highest BCUT2D eigenvalue weighted by Crippen LogP contribution is 2.35. The van der Waals surface area contributed by atoms with Gasteiger partial charge in [0.25, 0.3) is 5.69 Å². The average Bonchev–Trinajstić information content (AvgIpc) is 2.98. The smallest absolute Gasteiger partial charge is 0.350 e. The molecule has 1 heterocycles. The summed E-state index contributed by atoms with van der Waals surface area (Å²) in [5.41, 5.74) is 1.80. The molecule has 0 fully saturated rings. The van der Waals surface area contributed by atoms with E-state index in [2.05, 4.69) is 4.98 Å². The third-order valence-corrected chi connectivity index (χ3v) is 4.97. The third-order valence-electron chi connectivity index (χ3n) is 3.78. The van der Waals surface area contributed by atoms with Crippen molar-refractivity contribution in [1.29, 1.82) is 0 Å². The van der Waals surface area contributed by atoms with Crippen LogP contribution >= 0.6 is 11.3 Å². The Bertz CT molecular complexity index is 784. The molecule has 0 bridgehead atoms. The van der Waals surface area contributed by atoms with E-state index >= 15 is 0 Å². The van der Waals surface area contributed by atoms with E-state index in [-0.39, 0.29) is 17.2 Å². The number of benzene rings is 1. The molecule has 2 aromatic rings. The molecule has 0 unspecified atom stereocenters. The fourth-order valence-corrected chi connectivity index (χ4v) is 3.50. The first kappa shape index (κ1) is 18.9. The summed E-state index contributed by atoms with van der Waals surface area (Å²) in [4.78, 5) is 29.8. The van der Waals surface area contributed by atoms with E-state index in [1.807, 2.05) is 18.7 Å². The van der Waals surface area contributed by atoms with Crippen LogP contribution in [0.5, 0.6) is 0 Å². The number of aromatic nitrogens is 1. The molecule has 0 aliphatic rings. The Morgan fingerprint density at radius 2 is 2.00 bits per heavy atom. The zero-order valence-electron chi connectivity index (χ0n) is 14.7. The summed E-state index contributed by atoms with van der Waals surface area (Å²) in [6, 6.07) is 5.05. The number of rotatable bonds is 7. The van der Waals surface area contributed by atoms with Gasteiger partial charge in [0, 0.05) is 24.7 Å². The summed E-state index contributed by atoms with van der Waals surface area (Å²) in [6.45, 7) is 9.03. The molecule has 0 spiro atoms. The molecule has 0 atom stereocenters. The molecule has 134 valence electrons. The molecular formula is C17H21N3O4S. The summed E-state index contributed by atoms with van der Waals surface area (Å²) in [5, 5.41) is 12.1. The first-order chi connectivity index (χ1) is 11.9. The largest absolute Gasteiger partial charge is 0.462 e. The minimum Gasteiger partial charge on any atom is -0.462 e. The zero-order chi connectivity index (χ0) is 18.6. The van der Waals surface area contributed by atoms with E-state index < -0.39 is 5.97 Å². The van der Waals surface area contributed by atoms with Crippen molar-refractivity contribution in [2.45, 2.75) is 27.7 Å². The third kappa shape index (κ3) is 3.96. The number of nitro groups is 1. The fraction of sp³-hybridized carbons (Fsp3) is 0.412. The number of carbonyl (C=O) groups is 1. The molecule has 0 amide bonds. The van der Waals surface area contributed by atoms with E-state index in [1.165, 1.54) is 17.4 Å². The SMILES string of the molecule is CCOC(=O)c1sc(-c2ccc(N(CC)CC)c([N+](=O)[O-])c2)nc1C. The Kier molecular flexibility index (Phi) is 6.08. The number of esters is 1. The number of nitro benzene ring substituents is 1. The quantitative estimate of drug-likeness (QED) is 0.419. The monoisotopic (exact) mass is 363 g/mol. The highest BCUT2D eigenvalue weighted by atomic mass is 32.1. The molecule has 0 saturated carbocycles. The number of carbonyl (C=O) groups excluding carboxylic acids is 1. The van der Waals surface area contributed by atoms with E-state index in [1.54, 1.807) is 26.0 Å². The van der Waals surface area contributed by atoms with E-state index in [9.17, 15) is 14.9 Å². The van der Waals surface area contributed by atoms with Crippen LogP contribution in [0.25, 0.3) is 10.6 Å². The predicted molar refractivity (Wildman–Crippen MR) is 98.5 cm³/mol. The van der Waals surface area contributed by atoms with E-state index in [0.717, 1.165) is 0 Å². The van der Waals surface area contributed by atoms with Crippen molar-refractivity contribution < 1.29 is 14.5 Å². The van der Waals surface area contributed by atoms with Crippen molar-refractivity contribution >= 4 is 28.7 Å². The van der Waals surface area contributed by atoms with Gasteiger partial charge in [-0.05, 0) is 39.8 Å². The standard InChI is InChI=1S/C17H21N3O4S/c1-5-19(6-2)13-9-8-12(10-14(13)20(22)23)16-18-11(4)15(25-16)17(21)24-7-3/h8-10H,5-7H2,1-4H3. The Labute approximate surface area is 150 Å². The first-order valence-corrected chi connectivity index (χ1v) is 8.92. The second kappa shape index (κ2) is 8.06. The van der Waals surface area contributed by atoms with Gasteiger partial charge < -0.3 is 9.64 Å². The van der Waals surface area contributed by atoms with Crippen LogP contribution in [0.1, 0.15) is 36.1 Å². The van der Waals surface area contributed by atoms with Crippen LogP contribution in [-0.2, 0) is 4.74 Å². The summed E-state index contributed by atoms with van der Waals surface area (Å²) >= 11 is 1.18. The van der Waals surface area contributed by atoms with Crippen LogP contribution in [0.4, 0.5) is 11.4 Å². The molecule has 0 aliphatic heterocycles. The summed E-state index contributed by atoms with van der Waals surface area (Å²) < 4.78 is 5.02. The van der Waals surface area contributed by atoms with Gasteiger partial charge in [-0.1, -0.05) is 0 Å². The highest BCUT2D eigenvalue weighted by molar-refractivity contribution is 7.17. The van der Waals surface area contributed by atoms with Crippen molar-refractivity contribution in [3.8, 4) is 10.6 Å². The molecular weight excluding hydrogens is 342 g/mol. The molecule has 1 aromatic carbocycles. The van der Waals surface area contributed by atoms with Gasteiger partial charge in [0.05, 0.1) is 17.2 Å². The molecule has 0 aliphatic carbocycles. The van der Waals surface area contributed by atoms with Crippen molar-refractivity contribution in [1.82, 2.24) is 4.98 Å². The Morgan fingerprint density at radius 1 is 1.32 bits per heavy atom. The van der Waals surface area contributed by atoms with Gasteiger partial charge >= 0.3 is 5.97 Å². The zero-order valence-corrected chi connectivity index (χ0v) is 15.6. The lowest BCUT2D eigenvalue weighted by molar-refractivity contribution is -0.384. The predicted octanol–water partition coefficient (Wildman–Crippen LogP) is 4.05. The van der Waals surface area contributed by atoms with Gasteiger partial charge in [0.2, 0.25) is 0 Å². The Balaban J connectivity index is 2.47. The van der Waals surface area contributed by atoms with Crippen LogP contribution < -0.4 is 4.90 Å². The summed E-state index contributed by atoms with van der Waals surface area (Å²) in [7, 11) is 0. The first-order valence-electron chi connectivity index (χ1n) is 8.11. The van der Waals surface area contributed by atoms with E-state index in [0.29, 0.717) is 39.9 Å². The van der Waals surface area contributed by atoms with Gasteiger partial charge in [0.15, 0.2) is 0 Å². The number of thiazole rings is 1. The molecule has 0 radical (unpaired) electrons. The van der Waals surface area contributed by atoms with Crippen LogP contribution in [0.15, 0.2) is 18.2 Å². The second-order valence-corrected chi connectivity index (χ2v) is 6.29. The minimum atomic E-state index is -0.419. The number of aryl methyl sites for hydroxylation is 1. The molecule has 25 heavy (non-hydrogen) atoms. The highest BCUT2D eigenvalue weighted by Gasteiger charge is 2.22. The molecule has 0 saturated heterocycles. The maximum atomic E-state index is 11.9. The molecule has 0 N–H and O–H groups in total. The van der Waals surface area contributed by atoms with Crippen LogP contribution in [0, 0.1) is 17.0 Å². The lowest BCUT2D eigenvalue weighted by Gasteiger charge is -2.20. The van der Waals surface area contributed by atoms with Crippen molar-refractivity contribution in [3.63, 3.8) is 0 Å². The maximum absolute atomic E-state index is 11.9. The summed E-state index contributed by atoms with van der Waals surface area (Å²) in [6.07, 6.45) is 0. The summed E-state index contributed by atoms with van der Waals surface area (Å²) in [5.74, 6) is -0.419. The minimum absolute atomic E-state index is 0.0340. The topological polar surface area (TPSA) is 85.6 Å². The molecule has 2 rings (SSSR count). The number of ether oxygens (including phenoxy) is 1. The number of nitrogens with zero attached hydrogens (tertiary/aromatic N) is 3. The van der Waals surface area contributed by atoms with Gasteiger partial charge in [0.1, 0.15) is 15.6 Å². The van der Waals surface area contributed by atoms with Crippen LogP contribution in [0.3, 0.4) is 0 Å². The Hall–Kier alpha value is -2.48. The second-order valence-electron chi connectivity index (χ2n) is 5.29. The van der Waals surface area contributed by atoms with Crippen LogP contribution in [-0.4, -0.2) is 35.6 Å². The van der Waals surface area contributed by atoms with Gasteiger partial charge in [-0.2, -0.15) is 0 Å². The van der Waals surface area contributed by atoms with Crippen LogP contribution in [0.2, 0.25) is 0 Å². The lowest BCUT2D eigenvalue weighted by atomic mass is 10.1. The number of hydrogen-bond donors (Lipinski definition) is 0. The van der Waals surface area contributed by atoms with Crippen molar-refractivity contribution in [3.05, 3.63) is 38.9 Å². The van der Waals surface area contributed by atoms with Crippen molar-refractivity contribution in [2.24, 2.45) is 0 Å².